The second kappa shape index (κ2) is 6.15. The Morgan fingerprint density at radius 3 is 2.78 bits per heavy atom. The molecule has 0 aromatic carbocycles. The normalized spacial score (nSPS) is 12.9. The molecule has 1 amide bonds. The summed E-state index contributed by atoms with van der Waals surface area (Å²) in [5.74, 6) is 0. The Morgan fingerprint density at radius 1 is 1.56 bits per heavy atom. The van der Waals surface area contributed by atoms with Crippen molar-refractivity contribution >= 4 is 22.0 Å². The smallest absolute Gasteiger partial charge is 0.407 e. The molecule has 0 aliphatic carbocycles. The molecule has 6 heteroatoms. The van der Waals surface area contributed by atoms with E-state index in [1.165, 1.54) is 0 Å². The predicted octanol–water partition coefficient (Wildman–Crippen LogP) is 2.37. The first-order valence-corrected chi connectivity index (χ1v) is 6.42. The third-order valence-electron chi connectivity index (χ3n) is 1.98. The minimum atomic E-state index is -0.512. The van der Waals surface area contributed by atoms with Gasteiger partial charge in [-0.1, -0.05) is 6.07 Å². The molecule has 1 aromatic rings. The third-order valence-corrected chi connectivity index (χ3v) is 2.42. The van der Waals surface area contributed by atoms with Gasteiger partial charge in [-0.2, -0.15) is 0 Å². The predicted molar refractivity (Wildman–Crippen MR) is 73.1 cm³/mol. The first-order valence-electron chi connectivity index (χ1n) is 5.63. The Bertz CT molecular complexity index is 418. The van der Waals surface area contributed by atoms with Crippen LogP contribution in [0.3, 0.4) is 0 Å². The first kappa shape index (κ1) is 14.9. The molecule has 0 saturated carbocycles. The van der Waals surface area contributed by atoms with Crippen molar-refractivity contribution in [2.24, 2.45) is 5.73 Å². The molecule has 0 bridgehead atoms. The summed E-state index contributed by atoms with van der Waals surface area (Å²) in [5, 5.41) is 2.62. The summed E-state index contributed by atoms with van der Waals surface area (Å²) in [7, 11) is 0. The summed E-state index contributed by atoms with van der Waals surface area (Å²) >= 11 is 3.27. The van der Waals surface area contributed by atoms with E-state index in [1.54, 1.807) is 0 Å². The lowest BCUT2D eigenvalue weighted by atomic mass is 10.2. The number of pyridine rings is 1. The Hall–Kier alpha value is -1.14. The molecule has 3 N–H and O–H groups in total. The minimum Gasteiger partial charge on any atom is -0.444 e. The van der Waals surface area contributed by atoms with Gasteiger partial charge in [0.05, 0.1) is 11.7 Å². The Morgan fingerprint density at radius 2 is 2.22 bits per heavy atom. The zero-order chi connectivity index (χ0) is 13.8. The average Bonchev–Trinajstić information content (AvgIpc) is 2.23. The molecule has 0 aliphatic rings. The first-order chi connectivity index (χ1) is 8.28. The SMILES string of the molecule is CC(C)(C)OC(=O)NCC(N)c1cccc(Br)n1. The van der Waals surface area contributed by atoms with Crippen LogP contribution in [0.2, 0.25) is 0 Å². The maximum absolute atomic E-state index is 11.4. The second-order valence-corrected chi connectivity index (χ2v) is 5.69. The largest absolute Gasteiger partial charge is 0.444 e. The number of nitrogens with two attached hydrogens (primary N) is 1. The number of carbonyl (C=O) groups is 1. The number of ether oxygens (including phenoxy) is 1. The van der Waals surface area contributed by atoms with E-state index in [0.29, 0.717) is 10.3 Å². The number of nitrogens with zero attached hydrogens (tertiary/aromatic N) is 1. The van der Waals surface area contributed by atoms with Crippen LogP contribution in [0.5, 0.6) is 0 Å². The van der Waals surface area contributed by atoms with Crippen LogP contribution in [-0.4, -0.2) is 23.2 Å². The lowest BCUT2D eigenvalue weighted by Gasteiger charge is -2.20. The Kier molecular flexibility index (Phi) is 5.10. The van der Waals surface area contributed by atoms with E-state index in [2.05, 4.69) is 26.2 Å². The van der Waals surface area contributed by atoms with Gasteiger partial charge in [0, 0.05) is 6.54 Å². The van der Waals surface area contributed by atoms with Crippen LogP contribution < -0.4 is 11.1 Å². The minimum absolute atomic E-state index is 0.276. The molecule has 1 aromatic heterocycles. The number of amides is 1. The standard InChI is InChI=1S/C12H18BrN3O2/c1-12(2,3)18-11(17)15-7-8(14)9-5-4-6-10(13)16-9/h4-6,8H,7,14H2,1-3H3,(H,15,17). The van der Waals surface area contributed by atoms with Crippen LogP contribution in [0.15, 0.2) is 22.8 Å². The van der Waals surface area contributed by atoms with Crippen LogP contribution in [0.1, 0.15) is 32.5 Å². The van der Waals surface area contributed by atoms with Gasteiger partial charge in [0.15, 0.2) is 0 Å². The fourth-order valence-electron chi connectivity index (χ4n) is 1.24. The molecule has 100 valence electrons. The Balaban J connectivity index is 2.46. The number of halogens is 1. The zero-order valence-corrected chi connectivity index (χ0v) is 12.3. The highest BCUT2D eigenvalue weighted by Gasteiger charge is 2.17. The van der Waals surface area contributed by atoms with Crippen molar-refractivity contribution in [1.82, 2.24) is 10.3 Å². The average molecular weight is 316 g/mol. The van der Waals surface area contributed by atoms with Crippen LogP contribution >= 0.6 is 15.9 Å². The highest BCUT2D eigenvalue weighted by molar-refractivity contribution is 9.10. The molecule has 0 fully saturated rings. The van der Waals surface area contributed by atoms with E-state index < -0.39 is 11.7 Å². The van der Waals surface area contributed by atoms with Crippen LogP contribution in [-0.2, 0) is 4.74 Å². The van der Waals surface area contributed by atoms with E-state index in [1.807, 2.05) is 39.0 Å². The van der Waals surface area contributed by atoms with E-state index >= 15 is 0 Å². The molecule has 1 heterocycles. The summed E-state index contributed by atoms with van der Waals surface area (Å²) in [6.45, 7) is 5.70. The molecule has 5 nitrogen and oxygen atoms in total. The summed E-state index contributed by atoms with van der Waals surface area (Å²) < 4.78 is 5.83. The zero-order valence-electron chi connectivity index (χ0n) is 10.7. The molecule has 0 saturated heterocycles. The highest BCUT2D eigenvalue weighted by atomic mass is 79.9. The van der Waals surface area contributed by atoms with Crippen LogP contribution in [0.25, 0.3) is 0 Å². The molecule has 0 aliphatic heterocycles. The number of nitrogens with one attached hydrogen (secondary N) is 1. The fourth-order valence-corrected chi connectivity index (χ4v) is 1.60. The summed E-state index contributed by atoms with van der Waals surface area (Å²) in [6, 6.07) is 5.11. The molecule has 0 spiro atoms. The second-order valence-electron chi connectivity index (χ2n) is 4.87. The summed E-state index contributed by atoms with van der Waals surface area (Å²) in [6.07, 6.45) is -0.479. The van der Waals surface area contributed by atoms with Gasteiger partial charge in [-0.25, -0.2) is 9.78 Å². The van der Waals surface area contributed by atoms with E-state index in [9.17, 15) is 4.79 Å². The number of hydrogen-bond donors (Lipinski definition) is 2. The molecule has 1 atom stereocenters. The molecule has 1 unspecified atom stereocenters. The maximum Gasteiger partial charge on any atom is 0.407 e. The van der Waals surface area contributed by atoms with Crippen molar-refractivity contribution in [3.8, 4) is 0 Å². The fraction of sp³-hybridized carbons (Fsp3) is 0.500. The van der Waals surface area contributed by atoms with Crippen molar-refractivity contribution in [3.05, 3.63) is 28.5 Å². The van der Waals surface area contributed by atoms with Gasteiger partial charge in [-0.05, 0) is 48.8 Å². The Labute approximate surface area is 115 Å². The van der Waals surface area contributed by atoms with Gasteiger partial charge in [-0.15, -0.1) is 0 Å². The van der Waals surface area contributed by atoms with Gasteiger partial charge in [-0.3, -0.25) is 0 Å². The highest BCUT2D eigenvalue weighted by Crippen LogP contribution is 2.12. The molecule has 18 heavy (non-hydrogen) atoms. The topological polar surface area (TPSA) is 77.2 Å². The number of aromatic nitrogens is 1. The van der Waals surface area contributed by atoms with E-state index in [4.69, 9.17) is 10.5 Å². The molecular weight excluding hydrogens is 298 g/mol. The van der Waals surface area contributed by atoms with Crippen molar-refractivity contribution in [3.63, 3.8) is 0 Å². The summed E-state index contributed by atoms with van der Waals surface area (Å²) in [5.41, 5.74) is 6.12. The number of rotatable bonds is 3. The lowest BCUT2D eigenvalue weighted by Crippen LogP contribution is -2.36. The van der Waals surface area contributed by atoms with Gasteiger partial charge < -0.3 is 15.8 Å². The number of alkyl carbamates (subject to hydrolysis) is 1. The monoisotopic (exact) mass is 315 g/mol. The molecule has 0 radical (unpaired) electrons. The van der Waals surface area contributed by atoms with Crippen molar-refractivity contribution in [2.45, 2.75) is 32.4 Å². The maximum atomic E-state index is 11.4. The van der Waals surface area contributed by atoms with Gasteiger partial charge in [0.25, 0.3) is 0 Å². The van der Waals surface area contributed by atoms with Gasteiger partial charge in [0.2, 0.25) is 0 Å². The van der Waals surface area contributed by atoms with Gasteiger partial charge >= 0.3 is 6.09 Å². The summed E-state index contributed by atoms with van der Waals surface area (Å²) in [4.78, 5) is 15.7. The van der Waals surface area contributed by atoms with Crippen LogP contribution in [0, 0.1) is 0 Å². The van der Waals surface area contributed by atoms with Crippen LogP contribution in [0.4, 0.5) is 4.79 Å². The molecule has 1 rings (SSSR count). The molecular formula is C12H18BrN3O2. The van der Waals surface area contributed by atoms with Gasteiger partial charge in [0.1, 0.15) is 10.2 Å². The van der Waals surface area contributed by atoms with Crippen molar-refractivity contribution in [2.75, 3.05) is 6.54 Å². The van der Waals surface area contributed by atoms with E-state index in [0.717, 1.165) is 0 Å². The third kappa shape index (κ3) is 5.46. The quantitative estimate of drug-likeness (QED) is 0.839. The lowest BCUT2D eigenvalue weighted by molar-refractivity contribution is 0.0524. The van der Waals surface area contributed by atoms with Crippen molar-refractivity contribution in [1.29, 1.82) is 0 Å². The van der Waals surface area contributed by atoms with Crippen molar-refractivity contribution < 1.29 is 9.53 Å². The number of hydrogen-bond acceptors (Lipinski definition) is 4. The van der Waals surface area contributed by atoms with E-state index in [-0.39, 0.29) is 12.6 Å². The number of carbonyl (C=O) groups excluding carboxylic acids is 1.